The molecule has 0 spiro atoms. The molecule has 1 heteroatoms. The highest BCUT2D eigenvalue weighted by molar-refractivity contribution is 5.14. The molecule has 0 aromatic heterocycles. The van der Waals surface area contributed by atoms with E-state index in [9.17, 15) is 5.11 Å². The zero-order chi connectivity index (χ0) is 10.2. The molecule has 0 amide bonds. The van der Waals surface area contributed by atoms with Crippen molar-refractivity contribution in [2.45, 2.75) is 32.3 Å². The third-order valence-electron chi connectivity index (χ3n) is 2.22. The average Bonchev–Trinajstić information content (AvgIpc) is 2.20. The molecule has 0 unspecified atom stereocenters. The van der Waals surface area contributed by atoms with Gasteiger partial charge in [-0.1, -0.05) is 42.5 Å². The van der Waals surface area contributed by atoms with E-state index in [1.54, 1.807) is 0 Å². The first-order valence-electron chi connectivity index (χ1n) is 5.17. The van der Waals surface area contributed by atoms with E-state index in [-0.39, 0.29) is 6.10 Å². The van der Waals surface area contributed by atoms with Gasteiger partial charge in [0.2, 0.25) is 0 Å². The van der Waals surface area contributed by atoms with Crippen LogP contribution in [0.2, 0.25) is 0 Å². The molecule has 0 aliphatic rings. The fraction of sp³-hybridized carbons (Fsp3) is 0.385. The fourth-order valence-electron chi connectivity index (χ4n) is 1.48. The maximum atomic E-state index is 9.44. The highest BCUT2D eigenvalue weighted by atomic mass is 16.3. The van der Waals surface area contributed by atoms with Crippen LogP contribution in [-0.2, 0) is 6.42 Å². The summed E-state index contributed by atoms with van der Waals surface area (Å²) < 4.78 is 0. The summed E-state index contributed by atoms with van der Waals surface area (Å²) in [6.45, 7) is 1.93. The second-order valence-electron chi connectivity index (χ2n) is 3.47. The molecular weight excluding hydrogens is 172 g/mol. The highest BCUT2D eigenvalue weighted by Gasteiger charge is 1.98. The van der Waals surface area contributed by atoms with Gasteiger partial charge in [0.05, 0.1) is 6.10 Å². The van der Waals surface area contributed by atoms with Crippen LogP contribution in [0.5, 0.6) is 0 Å². The summed E-state index contributed by atoms with van der Waals surface area (Å²) in [6.07, 6.45) is 6.39. The van der Waals surface area contributed by atoms with Crippen LogP contribution in [0.25, 0.3) is 0 Å². The van der Waals surface area contributed by atoms with Crippen LogP contribution < -0.4 is 0 Å². The molecule has 0 saturated heterocycles. The zero-order valence-electron chi connectivity index (χ0n) is 8.69. The number of aliphatic hydroxyl groups is 1. The second-order valence-corrected chi connectivity index (χ2v) is 3.47. The number of hydrogen-bond acceptors (Lipinski definition) is 1. The summed E-state index contributed by atoms with van der Waals surface area (Å²) >= 11 is 0. The van der Waals surface area contributed by atoms with Gasteiger partial charge in [-0.3, -0.25) is 0 Å². The summed E-state index contributed by atoms with van der Waals surface area (Å²) in [5.41, 5.74) is 1.35. The monoisotopic (exact) mass is 190 g/mol. The zero-order valence-corrected chi connectivity index (χ0v) is 8.69. The number of hydrogen-bond donors (Lipinski definition) is 1. The maximum absolute atomic E-state index is 9.44. The lowest BCUT2D eigenvalue weighted by Gasteiger charge is -2.04. The minimum absolute atomic E-state index is 0.274. The van der Waals surface area contributed by atoms with Gasteiger partial charge in [0, 0.05) is 0 Å². The Morgan fingerprint density at radius 3 is 2.64 bits per heavy atom. The van der Waals surface area contributed by atoms with Crippen LogP contribution in [-0.4, -0.2) is 11.2 Å². The average molecular weight is 190 g/mol. The van der Waals surface area contributed by atoms with Crippen LogP contribution in [0.3, 0.4) is 0 Å². The third-order valence-corrected chi connectivity index (χ3v) is 2.22. The molecule has 1 atom stereocenters. The summed E-state index contributed by atoms with van der Waals surface area (Å²) in [7, 11) is 0. The van der Waals surface area contributed by atoms with E-state index < -0.39 is 0 Å². The van der Waals surface area contributed by atoms with E-state index in [0.29, 0.717) is 0 Å². The lowest BCUT2D eigenvalue weighted by molar-refractivity contribution is 0.209. The van der Waals surface area contributed by atoms with Crippen molar-refractivity contribution in [2.75, 3.05) is 0 Å². The van der Waals surface area contributed by atoms with Crippen molar-refractivity contribution in [1.29, 1.82) is 0 Å². The predicted molar refractivity (Wildman–Crippen MR) is 60.2 cm³/mol. The van der Waals surface area contributed by atoms with Crippen LogP contribution in [0, 0.1) is 0 Å². The molecule has 0 radical (unpaired) electrons. The number of allylic oxidation sites excluding steroid dienone is 1. The molecule has 0 heterocycles. The smallest absolute Gasteiger partial charge is 0.0720 e. The van der Waals surface area contributed by atoms with Gasteiger partial charge in [-0.15, -0.1) is 0 Å². The molecule has 1 nitrogen and oxygen atoms in total. The first-order valence-corrected chi connectivity index (χ1v) is 5.17. The lowest BCUT2D eigenvalue weighted by Crippen LogP contribution is -2.02. The van der Waals surface area contributed by atoms with Gasteiger partial charge >= 0.3 is 0 Å². The molecule has 0 saturated carbocycles. The molecule has 0 aliphatic heterocycles. The fourth-order valence-corrected chi connectivity index (χ4v) is 1.48. The molecule has 76 valence electrons. The largest absolute Gasteiger partial charge is 0.389 e. The Balaban J connectivity index is 2.22. The Kier molecular flexibility index (Phi) is 5.02. The summed E-state index contributed by atoms with van der Waals surface area (Å²) in [5.74, 6) is 0. The Morgan fingerprint density at radius 1 is 1.29 bits per heavy atom. The van der Waals surface area contributed by atoms with Crippen molar-refractivity contribution >= 4 is 0 Å². The minimum atomic E-state index is -0.274. The van der Waals surface area contributed by atoms with E-state index in [1.807, 2.05) is 25.1 Å². The number of rotatable bonds is 5. The van der Waals surface area contributed by atoms with Crippen molar-refractivity contribution in [3.05, 3.63) is 48.0 Å². The van der Waals surface area contributed by atoms with E-state index in [0.717, 1.165) is 19.3 Å². The molecule has 1 N–H and O–H groups in total. The number of aryl methyl sites for hydroxylation is 1. The molecule has 0 bridgehead atoms. The SMILES string of the molecule is C/C=C/[C@H](O)CCCc1ccccc1. The van der Waals surface area contributed by atoms with Gasteiger partial charge < -0.3 is 5.11 Å². The van der Waals surface area contributed by atoms with Crippen LogP contribution in [0.1, 0.15) is 25.3 Å². The van der Waals surface area contributed by atoms with Crippen molar-refractivity contribution in [3.8, 4) is 0 Å². The van der Waals surface area contributed by atoms with E-state index in [4.69, 9.17) is 0 Å². The quantitative estimate of drug-likeness (QED) is 0.708. The van der Waals surface area contributed by atoms with Gasteiger partial charge in [-0.05, 0) is 31.7 Å². The summed E-state index contributed by atoms with van der Waals surface area (Å²) in [5, 5.41) is 9.44. The number of aliphatic hydroxyl groups excluding tert-OH is 1. The van der Waals surface area contributed by atoms with E-state index in [2.05, 4.69) is 24.3 Å². The normalized spacial score (nSPS) is 13.3. The van der Waals surface area contributed by atoms with Crippen LogP contribution in [0.15, 0.2) is 42.5 Å². The topological polar surface area (TPSA) is 20.2 Å². The Labute approximate surface area is 86.1 Å². The second kappa shape index (κ2) is 6.39. The first kappa shape index (κ1) is 11.0. The maximum Gasteiger partial charge on any atom is 0.0720 e. The summed E-state index contributed by atoms with van der Waals surface area (Å²) in [6, 6.07) is 10.4. The predicted octanol–water partition coefficient (Wildman–Crippen LogP) is 2.95. The highest BCUT2D eigenvalue weighted by Crippen LogP contribution is 2.06. The van der Waals surface area contributed by atoms with E-state index >= 15 is 0 Å². The third kappa shape index (κ3) is 4.24. The van der Waals surface area contributed by atoms with Gasteiger partial charge in [0.25, 0.3) is 0 Å². The first-order chi connectivity index (χ1) is 6.83. The van der Waals surface area contributed by atoms with Crippen molar-refractivity contribution in [2.24, 2.45) is 0 Å². The molecular formula is C13H18O. The van der Waals surface area contributed by atoms with E-state index in [1.165, 1.54) is 5.56 Å². The molecule has 1 aromatic rings. The van der Waals surface area contributed by atoms with Crippen molar-refractivity contribution < 1.29 is 5.11 Å². The van der Waals surface area contributed by atoms with Crippen LogP contribution in [0.4, 0.5) is 0 Å². The summed E-state index contributed by atoms with van der Waals surface area (Å²) in [4.78, 5) is 0. The van der Waals surface area contributed by atoms with Crippen LogP contribution >= 0.6 is 0 Å². The molecule has 0 aliphatic carbocycles. The van der Waals surface area contributed by atoms with Gasteiger partial charge in [-0.2, -0.15) is 0 Å². The molecule has 1 aromatic carbocycles. The van der Waals surface area contributed by atoms with Gasteiger partial charge in [-0.25, -0.2) is 0 Å². The molecule has 14 heavy (non-hydrogen) atoms. The van der Waals surface area contributed by atoms with Gasteiger partial charge in [0.15, 0.2) is 0 Å². The van der Waals surface area contributed by atoms with Gasteiger partial charge in [0.1, 0.15) is 0 Å². The molecule has 1 rings (SSSR count). The molecule has 0 fully saturated rings. The van der Waals surface area contributed by atoms with Crippen molar-refractivity contribution in [1.82, 2.24) is 0 Å². The lowest BCUT2D eigenvalue weighted by atomic mass is 10.1. The Hall–Kier alpha value is -1.08. The Bertz CT molecular complexity index is 264. The van der Waals surface area contributed by atoms with Crippen molar-refractivity contribution in [3.63, 3.8) is 0 Å². The standard InChI is InChI=1S/C13H18O/c1-2-7-13(14)11-6-10-12-8-4-3-5-9-12/h2-5,7-9,13-14H,6,10-11H2,1H3/b7-2+/t13-/m0/s1. The Morgan fingerprint density at radius 2 is 2.00 bits per heavy atom. The number of benzene rings is 1. The minimum Gasteiger partial charge on any atom is -0.389 e.